The average molecular weight is 573 g/mol. The molecular weight excluding hydrogens is 542 g/mol. The maximum absolute atomic E-state index is 13.6. The first-order valence-corrected chi connectivity index (χ1v) is 14.1. The number of rotatable bonds is 13. The van der Waals surface area contributed by atoms with E-state index in [0.717, 1.165) is 77.7 Å². The highest BCUT2D eigenvalue weighted by Crippen LogP contribution is 2.50. The first kappa shape index (κ1) is 24.7. The van der Waals surface area contributed by atoms with Gasteiger partial charge in [0, 0.05) is 33.9 Å². The van der Waals surface area contributed by atoms with Crippen LogP contribution in [-0.4, -0.2) is 47.6 Å². The predicted octanol–water partition coefficient (Wildman–Crippen LogP) is 6.64. The van der Waals surface area contributed by atoms with Crippen molar-refractivity contribution in [3.8, 4) is 11.5 Å². The third kappa shape index (κ3) is 6.55. The lowest BCUT2D eigenvalue weighted by Gasteiger charge is -2.29. The third-order valence-corrected chi connectivity index (χ3v) is 7.98. The van der Waals surface area contributed by atoms with Gasteiger partial charge in [0.2, 0.25) is 0 Å². The molecule has 0 bridgehead atoms. The molecule has 0 aromatic heterocycles. The number of methoxy groups -OCH3 is 1. The zero-order valence-corrected chi connectivity index (χ0v) is 22.0. The van der Waals surface area contributed by atoms with Crippen LogP contribution in [0.1, 0.15) is 49.3 Å². The Morgan fingerprint density at radius 1 is 1.06 bits per heavy atom. The molecule has 1 saturated heterocycles. The van der Waals surface area contributed by atoms with Gasteiger partial charge in [-0.3, -0.25) is 4.79 Å². The lowest BCUT2D eigenvalue weighted by atomic mass is 9.99. The van der Waals surface area contributed by atoms with E-state index in [-0.39, 0.29) is 17.1 Å². The molecule has 0 N–H and O–H groups in total. The number of hydrogen-bond acceptors (Lipinski definition) is 5. The minimum absolute atomic E-state index is 0.179. The molecule has 31 heavy (non-hydrogen) atoms. The number of hydrogen-bond donors (Lipinski definition) is 0. The molecule has 0 aliphatic carbocycles. The summed E-state index contributed by atoms with van der Waals surface area (Å²) >= 11 is 8.62. The quantitative estimate of drug-likeness (QED) is 0.195. The molecular formula is C24H31Br2NO3S. The number of nitrogens with zero attached hydrogens (tertiary/aromatic N) is 1. The summed E-state index contributed by atoms with van der Waals surface area (Å²) in [5, 5.41) is 1.78. The Hall–Kier alpha value is -0.920. The van der Waals surface area contributed by atoms with Gasteiger partial charge in [-0.2, -0.15) is 0 Å². The zero-order chi connectivity index (χ0) is 22.1. The van der Waals surface area contributed by atoms with E-state index in [9.17, 15) is 4.79 Å². The van der Waals surface area contributed by atoms with Crippen LogP contribution in [-0.2, 0) is 4.79 Å². The second-order valence-electron chi connectivity index (χ2n) is 7.70. The van der Waals surface area contributed by atoms with Gasteiger partial charge in [0.1, 0.15) is 17.5 Å². The SMILES string of the molecule is COc1ccc(OCCCCCBr)c(C2SC3=CC=CN(CCCCCBr)C3C2=O)c1. The van der Waals surface area contributed by atoms with E-state index in [1.54, 1.807) is 18.9 Å². The minimum Gasteiger partial charge on any atom is -0.497 e. The lowest BCUT2D eigenvalue weighted by Crippen LogP contribution is -2.38. The van der Waals surface area contributed by atoms with E-state index < -0.39 is 0 Å². The summed E-state index contributed by atoms with van der Waals surface area (Å²) in [5.41, 5.74) is 0.921. The number of fused-ring (bicyclic) bond motifs is 1. The van der Waals surface area contributed by atoms with E-state index in [0.29, 0.717) is 6.61 Å². The average Bonchev–Trinajstić information content (AvgIpc) is 3.13. The third-order valence-electron chi connectivity index (χ3n) is 5.51. The normalized spacial score (nSPS) is 20.0. The van der Waals surface area contributed by atoms with Crippen molar-refractivity contribution in [3.05, 3.63) is 47.0 Å². The maximum Gasteiger partial charge on any atom is 0.178 e. The fourth-order valence-electron chi connectivity index (χ4n) is 3.87. The van der Waals surface area contributed by atoms with Crippen molar-refractivity contribution < 1.29 is 14.3 Å². The summed E-state index contributed by atoms with van der Waals surface area (Å²) in [6.07, 6.45) is 12.9. The van der Waals surface area contributed by atoms with Crippen molar-refractivity contribution in [2.24, 2.45) is 0 Å². The molecule has 1 aromatic carbocycles. The smallest absolute Gasteiger partial charge is 0.178 e. The molecule has 2 aliphatic rings. The van der Waals surface area contributed by atoms with Crippen LogP contribution in [0.3, 0.4) is 0 Å². The molecule has 0 saturated carbocycles. The molecule has 0 radical (unpaired) electrons. The highest BCUT2D eigenvalue weighted by atomic mass is 79.9. The molecule has 2 heterocycles. The first-order chi connectivity index (χ1) is 15.2. The van der Waals surface area contributed by atoms with Crippen LogP contribution in [0, 0.1) is 0 Å². The Morgan fingerprint density at radius 3 is 2.58 bits per heavy atom. The Balaban J connectivity index is 1.74. The Kier molecular flexibility index (Phi) is 10.3. The van der Waals surface area contributed by atoms with Gasteiger partial charge < -0.3 is 14.4 Å². The van der Waals surface area contributed by atoms with Crippen molar-refractivity contribution >= 4 is 49.4 Å². The summed E-state index contributed by atoms with van der Waals surface area (Å²) in [5.74, 6) is 1.78. The number of ketones is 1. The van der Waals surface area contributed by atoms with Crippen LogP contribution in [0.25, 0.3) is 0 Å². The summed E-state index contributed by atoms with van der Waals surface area (Å²) in [6.45, 7) is 1.56. The Bertz CT molecular complexity index is 799. The van der Waals surface area contributed by atoms with E-state index in [4.69, 9.17) is 9.47 Å². The van der Waals surface area contributed by atoms with Gasteiger partial charge in [-0.25, -0.2) is 0 Å². The fraction of sp³-hybridized carbons (Fsp3) is 0.542. The molecule has 3 rings (SSSR count). The topological polar surface area (TPSA) is 38.8 Å². The predicted molar refractivity (Wildman–Crippen MR) is 137 cm³/mol. The van der Waals surface area contributed by atoms with E-state index in [1.807, 2.05) is 18.2 Å². The number of thioether (sulfide) groups is 1. The van der Waals surface area contributed by atoms with Crippen molar-refractivity contribution in [1.29, 1.82) is 0 Å². The van der Waals surface area contributed by atoms with Crippen molar-refractivity contribution in [2.75, 3.05) is 30.9 Å². The van der Waals surface area contributed by atoms with Gasteiger partial charge in [0.05, 0.1) is 19.0 Å². The largest absolute Gasteiger partial charge is 0.497 e. The van der Waals surface area contributed by atoms with Crippen molar-refractivity contribution in [3.63, 3.8) is 0 Å². The van der Waals surface area contributed by atoms with Gasteiger partial charge in [0.15, 0.2) is 5.78 Å². The van der Waals surface area contributed by atoms with Crippen LogP contribution < -0.4 is 9.47 Å². The fourth-order valence-corrected chi connectivity index (χ4v) is 6.02. The summed E-state index contributed by atoms with van der Waals surface area (Å²) in [4.78, 5) is 16.9. The second kappa shape index (κ2) is 12.9. The number of Topliss-reactive ketones (excluding diaryl/α,β-unsaturated/α-hetero) is 1. The highest BCUT2D eigenvalue weighted by Gasteiger charge is 2.44. The van der Waals surface area contributed by atoms with Crippen molar-refractivity contribution in [1.82, 2.24) is 4.90 Å². The number of benzene rings is 1. The molecule has 0 spiro atoms. The van der Waals surface area contributed by atoms with Crippen LogP contribution in [0.15, 0.2) is 41.5 Å². The number of ether oxygens (including phenoxy) is 2. The van der Waals surface area contributed by atoms with Gasteiger partial charge >= 0.3 is 0 Å². The molecule has 2 unspecified atom stereocenters. The molecule has 0 amide bonds. The van der Waals surface area contributed by atoms with Crippen LogP contribution in [0.5, 0.6) is 11.5 Å². The molecule has 170 valence electrons. The first-order valence-electron chi connectivity index (χ1n) is 11.0. The van der Waals surface area contributed by atoms with Gasteiger partial charge in [0.25, 0.3) is 0 Å². The Morgan fingerprint density at radius 2 is 1.84 bits per heavy atom. The summed E-state index contributed by atoms with van der Waals surface area (Å²) < 4.78 is 11.6. The minimum atomic E-state index is -0.270. The van der Waals surface area contributed by atoms with Gasteiger partial charge in [-0.1, -0.05) is 38.3 Å². The number of halogens is 2. The van der Waals surface area contributed by atoms with Crippen LogP contribution in [0.4, 0.5) is 0 Å². The molecule has 1 aromatic rings. The van der Waals surface area contributed by atoms with Crippen molar-refractivity contribution in [2.45, 2.75) is 49.8 Å². The highest BCUT2D eigenvalue weighted by molar-refractivity contribution is 9.09. The van der Waals surface area contributed by atoms with Crippen LogP contribution >= 0.6 is 43.6 Å². The lowest BCUT2D eigenvalue weighted by molar-refractivity contribution is -0.121. The molecule has 2 aliphatic heterocycles. The summed E-state index contributed by atoms with van der Waals surface area (Å²) in [7, 11) is 1.66. The zero-order valence-electron chi connectivity index (χ0n) is 18.0. The number of alkyl halides is 2. The van der Waals surface area contributed by atoms with Gasteiger partial charge in [-0.05, 0) is 62.5 Å². The number of carbonyl (C=O) groups is 1. The van der Waals surface area contributed by atoms with E-state index in [2.05, 4.69) is 55.1 Å². The Labute approximate surface area is 207 Å². The van der Waals surface area contributed by atoms with Gasteiger partial charge in [-0.15, -0.1) is 11.8 Å². The summed E-state index contributed by atoms with van der Waals surface area (Å²) in [6, 6.07) is 5.64. The number of unbranched alkanes of at least 4 members (excludes halogenated alkanes) is 4. The standard InChI is InChI=1S/C24H31Br2NO3S/c1-29-18-10-11-20(30-16-7-3-5-13-26)19(17-18)24-23(28)22-21(31-24)9-8-15-27(22)14-6-2-4-12-25/h8-11,15,17,22,24H,2-7,12-14,16H2,1H3. The number of carbonyl (C=O) groups excluding carboxylic acids is 1. The molecule has 1 fully saturated rings. The second-order valence-corrected chi connectivity index (χ2v) is 10.5. The van der Waals surface area contributed by atoms with Crippen LogP contribution in [0.2, 0.25) is 0 Å². The van der Waals surface area contributed by atoms with E-state index >= 15 is 0 Å². The maximum atomic E-state index is 13.6. The molecule has 2 atom stereocenters. The molecule has 4 nitrogen and oxygen atoms in total. The number of allylic oxidation sites excluding steroid dienone is 2. The molecule has 7 heteroatoms. The van der Waals surface area contributed by atoms with E-state index in [1.165, 1.54) is 0 Å². The monoisotopic (exact) mass is 571 g/mol.